The van der Waals surface area contributed by atoms with E-state index in [1.54, 1.807) is 12.1 Å². The Kier molecular flexibility index (Phi) is 9.64. The molecule has 0 saturated carbocycles. The van der Waals surface area contributed by atoms with E-state index in [0.29, 0.717) is 11.5 Å². The normalized spacial score (nSPS) is 20.7. The highest BCUT2D eigenvalue weighted by atomic mass is 16.6. The summed E-state index contributed by atoms with van der Waals surface area (Å²) in [5.41, 5.74) is 3.03. The molecule has 4 aromatic carbocycles. The molecule has 0 unspecified atom stereocenters. The molecule has 4 aromatic rings. The highest BCUT2D eigenvalue weighted by Crippen LogP contribution is 2.33. The molecular weight excluding hydrogens is 586 g/mol. The molecule has 4 atom stereocenters. The monoisotopic (exact) mass is 619 g/mol. The molecule has 0 bridgehead atoms. The Morgan fingerprint density at radius 3 is 1.63 bits per heavy atom. The third-order valence-corrected chi connectivity index (χ3v) is 7.78. The number of ether oxygens (including phenoxy) is 5. The van der Waals surface area contributed by atoms with Gasteiger partial charge in [0.05, 0.1) is 37.6 Å². The maximum absolute atomic E-state index is 13.5. The first-order valence-electron chi connectivity index (χ1n) is 15.0. The first-order valence-corrected chi connectivity index (χ1v) is 15.0. The molecule has 6 rings (SSSR count). The Morgan fingerprint density at radius 2 is 1.11 bits per heavy atom. The van der Waals surface area contributed by atoms with Crippen molar-refractivity contribution in [1.29, 1.82) is 0 Å². The zero-order chi connectivity index (χ0) is 31.9. The molecule has 1 fully saturated rings. The number of carbonyl (C=O) groups is 3. The lowest BCUT2D eigenvalue weighted by atomic mass is 9.97. The van der Waals surface area contributed by atoms with Crippen LogP contribution in [0, 0.1) is 0 Å². The van der Waals surface area contributed by atoms with Gasteiger partial charge < -0.3 is 23.7 Å². The fourth-order valence-electron chi connectivity index (χ4n) is 5.46. The van der Waals surface area contributed by atoms with Crippen molar-refractivity contribution < 1.29 is 38.1 Å². The average molecular weight is 620 g/mol. The molecule has 0 radical (unpaired) electrons. The van der Waals surface area contributed by atoms with Crippen LogP contribution in [0.2, 0.25) is 0 Å². The molecule has 9 nitrogen and oxygen atoms in total. The molecule has 2 aliphatic heterocycles. The van der Waals surface area contributed by atoms with Crippen molar-refractivity contribution >= 4 is 17.9 Å². The molecule has 9 heteroatoms. The van der Waals surface area contributed by atoms with Crippen LogP contribution >= 0.6 is 0 Å². The van der Waals surface area contributed by atoms with Crippen molar-refractivity contribution in [1.82, 2.24) is 4.90 Å². The van der Waals surface area contributed by atoms with Gasteiger partial charge in [0.25, 0.3) is 11.8 Å². The molecule has 0 N–H and O–H groups in total. The van der Waals surface area contributed by atoms with Crippen molar-refractivity contribution in [2.24, 2.45) is 0 Å². The third-order valence-electron chi connectivity index (χ3n) is 7.78. The molecule has 234 valence electrons. The maximum atomic E-state index is 13.5. The zero-order valence-electron chi connectivity index (χ0n) is 25.0. The number of amides is 3. The fraction of sp³-hybridized carbons (Fsp3) is 0.216. The molecule has 2 aliphatic rings. The molecule has 1 saturated heterocycles. The van der Waals surface area contributed by atoms with E-state index in [-0.39, 0.29) is 36.7 Å². The number of benzene rings is 4. The minimum Gasteiger partial charge on any atom is -0.486 e. The molecule has 0 aromatic heterocycles. The third kappa shape index (κ3) is 6.92. The largest absolute Gasteiger partial charge is 0.486 e. The summed E-state index contributed by atoms with van der Waals surface area (Å²) in [6.07, 6.45) is -4.80. The average Bonchev–Trinajstić information content (AvgIpc) is 3.35. The molecule has 3 amide bonds. The SMILES string of the molecule is C=C1O[C@H](COCc2ccccc2)[C@@H](OCc2ccccc2)[C@H](OCc2ccccc2)[C@H]1OC(=O)N1C(=O)c2ccccc2C1=O. The van der Waals surface area contributed by atoms with Crippen molar-refractivity contribution in [2.75, 3.05) is 6.61 Å². The number of nitrogens with zero attached hydrogens (tertiary/aromatic N) is 1. The Morgan fingerprint density at radius 1 is 0.652 bits per heavy atom. The van der Waals surface area contributed by atoms with Gasteiger partial charge in [-0.15, -0.1) is 0 Å². The summed E-state index contributed by atoms with van der Waals surface area (Å²) in [6, 6.07) is 35.1. The molecule has 46 heavy (non-hydrogen) atoms. The van der Waals surface area contributed by atoms with E-state index >= 15 is 0 Å². The van der Waals surface area contributed by atoms with Crippen molar-refractivity contribution in [2.45, 2.75) is 44.2 Å². The van der Waals surface area contributed by atoms with Crippen LogP contribution in [0.4, 0.5) is 4.79 Å². The van der Waals surface area contributed by atoms with Crippen LogP contribution in [0.1, 0.15) is 37.4 Å². The molecule has 0 spiro atoms. The lowest BCUT2D eigenvalue weighted by molar-refractivity contribution is -0.212. The summed E-state index contributed by atoms with van der Waals surface area (Å²) in [7, 11) is 0. The number of carbonyl (C=O) groups excluding carboxylic acids is 3. The van der Waals surface area contributed by atoms with E-state index < -0.39 is 42.3 Å². The quantitative estimate of drug-likeness (QED) is 0.186. The summed E-state index contributed by atoms with van der Waals surface area (Å²) in [5.74, 6) is -1.45. The summed E-state index contributed by atoms with van der Waals surface area (Å²) < 4.78 is 31.0. The van der Waals surface area contributed by atoms with Gasteiger partial charge in [-0.3, -0.25) is 9.59 Å². The number of hydrogen-bond donors (Lipinski definition) is 0. The second-order valence-corrected chi connectivity index (χ2v) is 10.9. The van der Waals surface area contributed by atoms with E-state index in [1.165, 1.54) is 12.1 Å². The highest BCUT2D eigenvalue weighted by Gasteiger charge is 2.49. The Balaban J connectivity index is 1.26. The second kappa shape index (κ2) is 14.3. The Bertz CT molecular complexity index is 1640. The lowest BCUT2D eigenvalue weighted by Crippen LogP contribution is -2.57. The summed E-state index contributed by atoms with van der Waals surface area (Å²) >= 11 is 0. The fourth-order valence-corrected chi connectivity index (χ4v) is 5.46. The smallest absolute Gasteiger partial charge is 0.424 e. The highest BCUT2D eigenvalue weighted by molar-refractivity contribution is 6.28. The Labute approximate surface area is 266 Å². The van der Waals surface area contributed by atoms with Crippen LogP contribution in [0.25, 0.3) is 0 Å². The zero-order valence-corrected chi connectivity index (χ0v) is 25.0. The van der Waals surface area contributed by atoms with Gasteiger partial charge in [-0.25, -0.2) is 4.79 Å². The standard InChI is InChI=1S/C37H33NO8/c1-25-32(46-37(41)38-35(39)29-19-11-12-20-30(29)36(38)40)34(44-23-28-17-9-4-10-18-28)33(43-22-27-15-7-3-8-16-27)31(45-25)24-42-21-26-13-5-2-6-14-26/h2-20,31-34H,1,21-24H2/t31-,32+,33-,34-/m1/s1. The van der Waals surface area contributed by atoms with Gasteiger partial charge in [0.15, 0.2) is 12.2 Å². The number of imide groups is 3. The summed E-state index contributed by atoms with van der Waals surface area (Å²) in [5, 5.41) is 0. The van der Waals surface area contributed by atoms with Crippen molar-refractivity contribution in [3.8, 4) is 0 Å². The van der Waals surface area contributed by atoms with E-state index in [1.807, 2.05) is 91.0 Å². The number of fused-ring (bicyclic) bond motifs is 1. The molecule has 0 aliphatic carbocycles. The summed E-state index contributed by atoms with van der Waals surface area (Å²) in [4.78, 5) is 40.1. The van der Waals surface area contributed by atoms with Crippen LogP contribution in [0.5, 0.6) is 0 Å². The molecule has 2 heterocycles. The van der Waals surface area contributed by atoms with Gasteiger partial charge in [-0.2, -0.15) is 4.90 Å². The number of rotatable bonds is 11. The first kappa shape index (κ1) is 30.9. The van der Waals surface area contributed by atoms with E-state index in [2.05, 4.69) is 6.58 Å². The van der Waals surface area contributed by atoms with Crippen LogP contribution < -0.4 is 0 Å². The van der Waals surface area contributed by atoms with Crippen LogP contribution in [0.3, 0.4) is 0 Å². The maximum Gasteiger partial charge on any atom is 0.424 e. The van der Waals surface area contributed by atoms with Gasteiger partial charge in [0, 0.05) is 0 Å². The van der Waals surface area contributed by atoms with E-state index in [4.69, 9.17) is 23.7 Å². The minimum atomic E-state index is -1.22. The summed E-state index contributed by atoms with van der Waals surface area (Å²) in [6.45, 7) is 4.88. The van der Waals surface area contributed by atoms with Crippen LogP contribution in [-0.2, 0) is 43.5 Å². The molecular formula is C37H33NO8. The van der Waals surface area contributed by atoms with Gasteiger partial charge in [-0.05, 0) is 28.8 Å². The van der Waals surface area contributed by atoms with Crippen molar-refractivity contribution in [3.05, 3.63) is 155 Å². The van der Waals surface area contributed by atoms with Gasteiger partial charge in [-0.1, -0.05) is 110 Å². The Hall–Kier alpha value is -5.09. The minimum absolute atomic E-state index is 0.0795. The van der Waals surface area contributed by atoms with E-state index in [0.717, 1.165) is 16.7 Å². The van der Waals surface area contributed by atoms with Crippen LogP contribution in [-0.4, -0.2) is 53.8 Å². The predicted octanol–water partition coefficient (Wildman–Crippen LogP) is 6.09. The van der Waals surface area contributed by atoms with Crippen LogP contribution in [0.15, 0.2) is 128 Å². The van der Waals surface area contributed by atoms with Gasteiger partial charge in [0.1, 0.15) is 18.0 Å². The first-order chi connectivity index (χ1) is 22.5. The number of hydrogen-bond acceptors (Lipinski definition) is 8. The van der Waals surface area contributed by atoms with Gasteiger partial charge in [0.2, 0.25) is 0 Å². The van der Waals surface area contributed by atoms with E-state index in [9.17, 15) is 14.4 Å². The lowest BCUT2D eigenvalue weighted by Gasteiger charge is -2.43. The van der Waals surface area contributed by atoms with Gasteiger partial charge >= 0.3 is 6.09 Å². The predicted molar refractivity (Wildman–Crippen MR) is 167 cm³/mol. The van der Waals surface area contributed by atoms with Crippen molar-refractivity contribution in [3.63, 3.8) is 0 Å². The second-order valence-electron chi connectivity index (χ2n) is 10.9. The topological polar surface area (TPSA) is 101 Å².